The van der Waals surface area contributed by atoms with Crippen LogP contribution in [0.3, 0.4) is 0 Å². The fraction of sp³-hybridized carbons (Fsp3) is 0.182. The van der Waals surface area contributed by atoms with Crippen LogP contribution in [0.2, 0.25) is 0 Å². The van der Waals surface area contributed by atoms with E-state index >= 15 is 17.6 Å². The molecule has 0 aliphatic carbocycles. The van der Waals surface area contributed by atoms with Crippen LogP contribution in [-0.4, -0.2) is 30.3 Å². The first-order valence-corrected chi connectivity index (χ1v) is 13.8. The molecule has 14 heteroatoms. The molecule has 0 fully saturated rings. The molecule has 5 rings (SSSR count). The molecule has 0 unspecified atom stereocenters. The summed E-state index contributed by atoms with van der Waals surface area (Å²) in [6, 6.07) is 13.1. The molecule has 1 N–H and O–H groups in total. The number of nitriles is 1. The fourth-order valence-corrected chi connectivity index (χ4v) is 4.71. The third-order valence-corrected chi connectivity index (χ3v) is 7.20. The monoisotopic (exact) mass is 648 g/mol. The molecule has 8 nitrogen and oxygen atoms in total. The average molecular weight is 649 g/mol. The molecular formula is C33H22F6N6O2. The van der Waals surface area contributed by atoms with Crippen molar-refractivity contribution in [1.29, 1.82) is 5.26 Å². The minimum atomic E-state index is -4.30. The number of alkyl halides is 2. The van der Waals surface area contributed by atoms with Crippen LogP contribution in [0, 0.1) is 46.4 Å². The molecule has 5 aromatic rings. The second-order valence-electron chi connectivity index (χ2n) is 10.2. The number of hydrogen-bond donors (Lipinski definition) is 1. The van der Waals surface area contributed by atoms with E-state index in [2.05, 4.69) is 32.4 Å². The van der Waals surface area contributed by atoms with Gasteiger partial charge in [0.25, 0.3) is 0 Å². The van der Waals surface area contributed by atoms with Gasteiger partial charge in [0.1, 0.15) is 47.6 Å². The molecule has 0 amide bonds. The largest absolute Gasteiger partial charge is 0.488 e. The highest BCUT2D eigenvalue weighted by atomic mass is 19.3. The van der Waals surface area contributed by atoms with Crippen molar-refractivity contribution in [1.82, 2.24) is 25.2 Å². The summed E-state index contributed by atoms with van der Waals surface area (Å²) in [6.45, 7) is 0.595. The number of tetrazole rings is 1. The molecule has 0 radical (unpaired) electrons. The molecule has 0 bridgehead atoms. The number of aromatic nitrogens is 5. The lowest BCUT2D eigenvalue weighted by molar-refractivity contribution is -0.207. The lowest BCUT2D eigenvalue weighted by Crippen LogP contribution is -2.48. The van der Waals surface area contributed by atoms with Gasteiger partial charge in [0.2, 0.25) is 0 Å². The summed E-state index contributed by atoms with van der Waals surface area (Å²) in [5.41, 5.74) is -4.70. The van der Waals surface area contributed by atoms with Crippen molar-refractivity contribution < 1.29 is 36.2 Å². The molecular weight excluding hydrogens is 626 g/mol. The minimum absolute atomic E-state index is 0.0100. The minimum Gasteiger partial charge on any atom is -0.488 e. The molecule has 47 heavy (non-hydrogen) atoms. The van der Waals surface area contributed by atoms with Gasteiger partial charge in [-0.3, -0.25) is 4.98 Å². The van der Waals surface area contributed by atoms with E-state index in [-0.39, 0.29) is 29.9 Å². The second kappa shape index (κ2) is 13.3. The van der Waals surface area contributed by atoms with E-state index < -0.39 is 58.2 Å². The van der Waals surface area contributed by atoms with E-state index in [1.54, 1.807) is 31.2 Å². The van der Waals surface area contributed by atoms with Crippen LogP contribution in [0.5, 0.6) is 5.75 Å². The van der Waals surface area contributed by atoms with E-state index in [4.69, 9.17) is 10.00 Å². The van der Waals surface area contributed by atoms with Crippen LogP contribution in [-0.2, 0) is 31.1 Å². The highest BCUT2D eigenvalue weighted by molar-refractivity contribution is 5.50. The second-order valence-corrected chi connectivity index (χ2v) is 10.2. The van der Waals surface area contributed by atoms with Crippen molar-refractivity contribution in [3.8, 4) is 23.7 Å². The number of aliphatic hydroxyl groups is 1. The molecule has 0 saturated heterocycles. The Hall–Kier alpha value is -5.73. The van der Waals surface area contributed by atoms with Crippen molar-refractivity contribution in [3.63, 3.8) is 0 Å². The Balaban J connectivity index is 1.41. The third kappa shape index (κ3) is 6.64. The van der Waals surface area contributed by atoms with Crippen molar-refractivity contribution in [2.24, 2.45) is 0 Å². The zero-order valence-electron chi connectivity index (χ0n) is 24.4. The third-order valence-electron chi connectivity index (χ3n) is 7.20. The topological polar surface area (TPSA) is 110 Å². The van der Waals surface area contributed by atoms with Crippen LogP contribution in [0.1, 0.15) is 46.0 Å². The summed E-state index contributed by atoms with van der Waals surface area (Å²) in [4.78, 5) is 3.69. The summed E-state index contributed by atoms with van der Waals surface area (Å²) in [5, 5.41) is 30.3. The van der Waals surface area contributed by atoms with Gasteiger partial charge >= 0.3 is 5.92 Å². The summed E-state index contributed by atoms with van der Waals surface area (Å²) in [7, 11) is 0. The predicted molar refractivity (Wildman–Crippen MR) is 153 cm³/mol. The highest BCUT2D eigenvalue weighted by Crippen LogP contribution is 2.46. The number of pyridine rings is 1. The highest BCUT2D eigenvalue weighted by Gasteiger charge is 2.58. The number of rotatable bonds is 9. The zero-order valence-corrected chi connectivity index (χ0v) is 24.4. The maximum Gasteiger partial charge on any atom is 0.323 e. The van der Waals surface area contributed by atoms with E-state index in [1.165, 1.54) is 0 Å². The first-order valence-electron chi connectivity index (χ1n) is 13.8. The Morgan fingerprint density at radius 3 is 2.30 bits per heavy atom. The van der Waals surface area contributed by atoms with Crippen LogP contribution in [0.25, 0.3) is 0 Å². The van der Waals surface area contributed by atoms with E-state index in [0.29, 0.717) is 29.3 Å². The zero-order chi connectivity index (χ0) is 33.8. The van der Waals surface area contributed by atoms with Crippen molar-refractivity contribution in [2.45, 2.75) is 38.0 Å². The first-order chi connectivity index (χ1) is 22.5. The summed E-state index contributed by atoms with van der Waals surface area (Å²) in [5.74, 6) is -3.95. The standard InChI is InChI=1S/C33H22F6N6O2/c1-2-24-29(47-17-22-5-3-20(15-40)4-6-22)14-27(35)25(31(24)37)10-7-21-8-12-30(41-16-21)33(38,39)32(46,18-45-19-42-43-44-45)26-11-9-23(34)13-28(26)36/h3-6,8-9,11-14,16,19,46H,2,17-18H2,1H3/t32-/m0/s1. The van der Waals surface area contributed by atoms with Crippen molar-refractivity contribution >= 4 is 0 Å². The number of nitrogens with zero attached hydrogens (tertiary/aromatic N) is 6. The van der Waals surface area contributed by atoms with Gasteiger partial charge in [-0.15, -0.1) is 5.10 Å². The van der Waals surface area contributed by atoms with E-state index in [9.17, 15) is 13.9 Å². The normalized spacial score (nSPS) is 12.5. The molecule has 2 aromatic heterocycles. The van der Waals surface area contributed by atoms with Crippen molar-refractivity contribution in [2.75, 3.05) is 0 Å². The first kappa shape index (κ1) is 32.7. The summed E-state index contributed by atoms with van der Waals surface area (Å²) < 4.78 is 97.0. The maximum atomic E-state index is 16.0. The summed E-state index contributed by atoms with van der Waals surface area (Å²) >= 11 is 0. The van der Waals surface area contributed by atoms with Crippen LogP contribution < -0.4 is 4.74 Å². The number of benzene rings is 3. The quantitative estimate of drug-likeness (QED) is 0.161. The smallest absolute Gasteiger partial charge is 0.323 e. The maximum absolute atomic E-state index is 16.0. The van der Waals surface area contributed by atoms with E-state index in [1.807, 2.05) is 6.07 Å². The Morgan fingerprint density at radius 1 is 0.936 bits per heavy atom. The van der Waals surface area contributed by atoms with Crippen LogP contribution in [0.4, 0.5) is 26.3 Å². The van der Waals surface area contributed by atoms with Crippen molar-refractivity contribution in [3.05, 3.63) is 136 Å². The lowest BCUT2D eigenvalue weighted by atomic mass is 9.84. The SMILES string of the molecule is CCc1c(OCc2ccc(C#N)cc2)cc(F)c(C#Cc2ccc(C(F)(F)[C@](O)(Cn3cnnn3)c3ccc(F)cc3F)nc2)c1F. The Morgan fingerprint density at radius 2 is 1.68 bits per heavy atom. The van der Waals surface area contributed by atoms with Gasteiger partial charge in [0.05, 0.1) is 23.7 Å². The van der Waals surface area contributed by atoms with Gasteiger partial charge in [0, 0.05) is 35.0 Å². The Bertz CT molecular complexity index is 2000. The number of ether oxygens (including phenoxy) is 1. The molecule has 3 aromatic carbocycles. The fourth-order valence-electron chi connectivity index (χ4n) is 4.71. The molecule has 1 atom stereocenters. The van der Waals surface area contributed by atoms with Gasteiger partial charge in [-0.05, 0) is 58.8 Å². The van der Waals surface area contributed by atoms with Crippen LogP contribution in [0.15, 0.2) is 73.2 Å². The molecule has 0 spiro atoms. The van der Waals surface area contributed by atoms with Gasteiger partial charge in [-0.1, -0.05) is 30.9 Å². The van der Waals surface area contributed by atoms with Gasteiger partial charge in [-0.25, -0.2) is 22.2 Å². The molecule has 0 aliphatic rings. The van der Waals surface area contributed by atoms with Crippen LogP contribution >= 0.6 is 0 Å². The number of halogens is 6. The molecule has 238 valence electrons. The Labute approximate surface area is 263 Å². The summed E-state index contributed by atoms with van der Waals surface area (Å²) in [6.07, 6.45) is 1.95. The predicted octanol–water partition coefficient (Wildman–Crippen LogP) is 5.72. The average Bonchev–Trinajstić information content (AvgIpc) is 3.56. The molecule has 2 heterocycles. The lowest BCUT2D eigenvalue weighted by Gasteiger charge is -2.35. The van der Waals surface area contributed by atoms with E-state index in [0.717, 1.165) is 35.4 Å². The van der Waals surface area contributed by atoms with Gasteiger partial charge in [-0.2, -0.15) is 14.0 Å². The molecule has 0 saturated carbocycles. The number of hydrogen-bond acceptors (Lipinski definition) is 7. The van der Waals surface area contributed by atoms with Gasteiger partial charge in [0.15, 0.2) is 5.60 Å². The molecule has 0 aliphatic heterocycles. The van der Waals surface area contributed by atoms with Gasteiger partial charge < -0.3 is 9.84 Å². The Kier molecular flexibility index (Phi) is 9.26.